The molecule has 0 spiro atoms. The Kier molecular flexibility index (Phi) is 6.89. The fourth-order valence-electron chi connectivity index (χ4n) is 3.80. The van der Waals surface area contributed by atoms with E-state index in [0.717, 1.165) is 30.6 Å². The van der Waals surface area contributed by atoms with Crippen molar-refractivity contribution in [3.63, 3.8) is 0 Å². The van der Waals surface area contributed by atoms with Gasteiger partial charge < -0.3 is 26.1 Å². The molecule has 0 aliphatic carbocycles. The van der Waals surface area contributed by atoms with E-state index >= 15 is 0 Å². The van der Waals surface area contributed by atoms with Gasteiger partial charge in [-0.05, 0) is 49.1 Å². The number of pyridine rings is 2. The fourth-order valence-corrected chi connectivity index (χ4v) is 3.80. The SMILES string of the molecule is CC(CO)N(N)/C(=N\N)c1cccc(NC(=O)c2cc3c(cn2)CCN(C(=O)N2CCC2)C3)n1. The molecular formula is C22H29N9O3. The molecule has 12 heteroatoms. The number of hydrazine groups is 1. The van der Waals surface area contributed by atoms with Crippen molar-refractivity contribution in [1.29, 1.82) is 0 Å². The highest BCUT2D eigenvalue weighted by atomic mass is 16.3. The molecule has 3 amide bonds. The van der Waals surface area contributed by atoms with Crippen molar-refractivity contribution >= 4 is 23.6 Å². The normalized spacial score (nSPS) is 16.4. The summed E-state index contributed by atoms with van der Waals surface area (Å²) >= 11 is 0. The third kappa shape index (κ3) is 4.77. The van der Waals surface area contributed by atoms with E-state index in [-0.39, 0.29) is 30.0 Å². The van der Waals surface area contributed by atoms with Crippen LogP contribution in [-0.4, -0.2) is 79.9 Å². The number of carbonyl (C=O) groups excluding carboxylic acids is 2. The Hall–Kier alpha value is -3.77. The summed E-state index contributed by atoms with van der Waals surface area (Å²) in [7, 11) is 0. The van der Waals surface area contributed by atoms with Crippen molar-refractivity contribution in [3.8, 4) is 0 Å². The zero-order chi connectivity index (χ0) is 24.2. The lowest BCUT2D eigenvalue weighted by atomic mass is 10.0. The second-order valence-electron chi connectivity index (χ2n) is 8.39. The van der Waals surface area contributed by atoms with Crippen LogP contribution in [0.25, 0.3) is 0 Å². The second kappa shape index (κ2) is 10.0. The molecule has 12 nitrogen and oxygen atoms in total. The number of nitrogens with one attached hydrogen (secondary N) is 1. The maximum Gasteiger partial charge on any atom is 0.320 e. The molecule has 2 aromatic rings. The molecule has 2 aliphatic heterocycles. The summed E-state index contributed by atoms with van der Waals surface area (Å²) in [5.74, 6) is 11.5. The Morgan fingerprint density at radius 2 is 2.03 bits per heavy atom. The number of hydrogen-bond donors (Lipinski definition) is 4. The summed E-state index contributed by atoms with van der Waals surface area (Å²) in [5.41, 5.74) is 2.51. The van der Waals surface area contributed by atoms with Crippen molar-refractivity contribution in [2.45, 2.75) is 32.4 Å². The minimum absolute atomic E-state index is 0.0440. The van der Waals surface area contributed by atoms with E-state index < -0.39 is 11.9 Å². The summed E-state index contributed by atoms with van der Waals surface area (Å²) < 4.78 is 0. The quantitative estimate of drug-likeness (QED) is 0.208. The molecule has 1 unspecified atom stereocenters. The van der Waals surface area contributed by atoms with E-state index in [1.54, 1.807) is 37.4 Å². The lowest BCUT2D eigenvalue weighted by Gasteiger charge is -2.38. The van der Waals surface area contributed by atoms with Crippen LogP contribution in [0.2, 0.25) is 0 Å². The molecule has 1 fully saturated rings. The lowest BCUT2D eigenvalue weighted by Crippen LogP contribution is -2.50. The maximum atomic E-state index is 12.9. The summed E-state index contributed by atoms with van der Waals surface area (Å²) in [6, 6.07) is 6.28. The number of likely N-dealkylation sites (tertiary alicyclic amines) is 1. The highest BCUT2D eigenvalue weighted by Gasteiger charge is 2.28. The van der Waals surface area contributed by atoms with E-state index in [4.69, 9.17) is 11.7 Å². The molecule has 1 atom stereocenters. The summed E-state index contributed by atoms with van der Waals surface area (Å²) in [4.78, 5) is 37.8. The first-order valence-electron chi connectivity index (χ1n) is 11.1. The van der Waals surface area contributed by atoms with Gasteiger partial charge in [-0.15, -0.1) is 0 Å². The first-order chi connectivity index (χ1) is 16.4. The number of urea groups is 1. The van der Waals surface area contributed by atoms with Gasteiger partial charge in [0.25, 0.3) is 5.91 Å². The van der Waals surface area contributed by atoms with Gasteiger partial charge in [0.05, 0.1) is 12.6 Å². The molecular weight excluding hydrogens is 438 g/mol. The molecule has 0 bridgehead atoms. The standard InChI is InChI=1S/C22H29N9O3/c1-14(13-32)31(24)20(28-23)17-4-2-5-19(26-17)27-21(33)18-10-16-12-30(9-6-15(16)11-25-18)22(34)29-7-3-8-29/h2,4-5,10-11,14,32H,3,6-9,12-13,23-24H2,1H3,(H,26,27,33)/b28-20-. The van der Waals surface area contributed by atoms with Crippen LogP contribution in [0.1, 0.15) is 40.7 Å². The van der Waals surface area contributed by atoms with Gasteiger partial charge in [-0.25, -0.2) is 15.6 Å². The number of nitrogens with two attached hydrogens (primary N) is 2. The van der Waals surface area contributed by atoms with E-state index in [0.29, 0.717) is 25.2 Å². The molecule has 2 aliphatic rings. The van der Waals surface area contributed by atoms with E-state index in [9.17, 15) is 14.7 Å². The van der Waals surface area contributed by atoms with Crippen LogP contribution in [0.5, 0.6) is 0 Å². The molecule has 2 aromatic heterocycles. The van der Waals surface area contributed by atoms with Gasteiger partial charge in [0.1, 0.15) is 17.2 Å². The number of aromatic nitrogens is 2. The lowest BCUT2D eigenvalue weighted by molar-refractivity contribution is 0.102. The first kappa shape index (κ1) is 23.4. The van der Waals surface area contributed by atoms with Gasteiger partial charge in [0, 0.05) is 32.4 Å². The maximum absolute atomic E-state index is 12.9. The van der Waals surface area contributed by atoms with Crippen molar-refractivity contribution in [1.82, 2.24) is 24.8 Å². The third-order valence-electron chi connectivity index (χ3n) is 6.05. The fraction of sp³-hybridized carbons (Fsp3) is 0.409. The van der Waals surface area contributed by atoms with E-state index in [1.165, 1.54) is 5.01 Å². The number of aliphatic hydroxyl groups is 1. The van der Waals surface area contributed by atoms with Crippen molar-refractivity contribution in [2.75, 3.05) is 31.6 Å². The van der Waals surface area contributed by atoms with E-state index in [2.05, 4.69) is 20.4 Å². The molecule has 1 saturated heterocycles. The number of carbonyl (C=O) groups is 2. The topological polar surface area (TPSA) is 166 Å². The smallest absolute Gasteiger partial charge is 0.320 e. The molecule has 0 saturated carbocycles. The third-order valence-corrected chi connectivity index (χ3v) is 6.05. The molecule has 0 aromatic carbocycles. The van der Waals surface area contributed by atoms with Crippen LogP contribution in [0.15, 0.2) is 35.6 Å². The number of rotatable bonds is 5. The van der Waals surface area contributed by atoms with Crippen LogP contribution in [0.3, 0.4) is 0 Å². The minimum Gasteiger partial charge on any atom is -0.394 e. The predicted molar refractivity (Wildman–Crippen MR) is 125 cm³/mol. The van der Waals surface area contributed by atoms with Gasteiger partial charge >= 0.3 is 6.03 Å². The number of hydrazone groups is 1. The van der Waals surface area contributed by atoms with Gasteiger partial charge in [-0.1, -0.05) is 6.07 Å². The average Bonchev–Trinajstić information content (AvgIpc) is 2.82. The second-order valence-corrected chi connectivity index (χ2v) is 8.39. The number of fused-ring (bicyclic) bond motifs is 1. The van der Waals surface area contributed by atoms with Crippen molar-refractivity contribution < 1.29 is 14.7 Å². The van der Waals surface area contributed by atoms with Crippen LogP contribution in [0.4, 0.5) is 10.6 Å². The molecule has 6 N–H and O–H groups in total. The summed E-state index contributed by atoms with van der Waals surface area (Å²) in [6.07, 6.45) is 3.44. The van der Waals surface area contributed by atoms with Gasteiger partial charge in [-0.3, -0.25) is 14.8 Å². The number of amidine groups is 1. The Bertz CT molecular complexity index is 1100. The Morgan fingerprint density at radius 3 is 2.71 bits per heavy atom. The molecule has 34 heavy (non-hydrogen) atoms. The number of hydrogen-bond acceptors (Lipinski definition) is 8. The highest BCUT2D eigenvalue weighted by Crippen LogP contribution is 2.22. The molecule has 0 radical (unpaired) electrons. The largest absolute Gasteiger partial charge is 0.394 e. The highest BCUT2D eigenvalue weighted by molar-refractivity contribution is 6.03. The number of nitrogens with zero attached hydrogens (tertiary/aromatic N) is 6. The Morgan fingerprint density at radius 1 is 1.24 bits per heavy atom. The Balaban J connectivity index is 1.47. The van der Waals surface area contributed by atoms with Crippen LogP contribution in [-0.2, 0) is 13.0 Å². The van der Waals surface area contributed by atoms with Gasteiger partial charge in [0.15, 0.2) is 5.84 Å². The minimum atomic E-state index is -0.436. The Labute approximate surface area is 197 Å². The van der Waals surface area contributed by atoms with Crippen molar-refractivity contribution in [2.24, 2.45) is 16.8 Å². The van der Waals surface area contributed by atoms with Gasteiger partial charge in [-0.2, -0.15) is 5.10 Å². The number of anilines is 1. The van der Waals surface area contributed by atoms with E-state index in [1.807, 2.05) is 9.80 Å². The average molecular weight is 468 g/mol. The summed E-state index contributed by atoms with van der Waals surface area (Å²) in [5, 5.41) is 17.0. The summed E-state index contributed by atoms with van der Waals surface area (Å²) in [6.45, 7) is 4.20. The number of amides is 3. The van der Waals surface area contributed by atoms with Crippen LogP contribution >= 0.6 is 0 Å². The van der Waals surface area contributed by atoms with Crippen LogP contribution in [0, 0.1) is 0 Å². The first-order valence-corrected chi connectivity index (χ1v) is 11.1. The van der Waals surface area contributed by atoms with Gasteiger partial charge in [0.2, 0.25) is 0 Å². The van der Waals surface area contributed by atoms with Crippen LogP contribution < -0.4 is 17.0 Å². The zero-order valence-electron chi connectivity index (χ0n) is 19.0. The predicted octanol–water partition coefficient (Wildman–Crippen LogP) is 0.0895. The van der Waals surface area contributed by atoms with Crippen molar-refractivity contribution in [3.05, 3.63) is 53.0 Å². The molecule has 4 heterocycles. The zero-order valence-corrected chi connectivity index (χ0v) is 19.0. The number of aliphatic hydroxyl groups excluding tert-OH is 1. The monoisotopic (exact) mass is 467 g/mol. The molecule has 4 rings (SSSR count). The molecule has 180 valence electrons.